The molecule has 4 heterocycles. The third-order valence-corrected chi connectivity index (χ3v) is 8.59. The van der Waals surface area contributed by atoms with E-state index in [2.05, 4.69) is 14.5 Å². The van der Waals surface area contributed by atoms with E-state index in [0.29, 0.717) is 47.4 Å². The lowest BCUT2D eigenvalue weighted by molar-refractivity contribution is -0.146. The maximum Gasteiger partial charge on any atom is 0.410 e. The third-order valence-electron chi connectivity index (χ3n) is 7.97. The van der Waals surface area contributed by atoms with Gasteiger partial charge in [-0.25, -0.2) is 14.6 Å². The monoisotopic (exact) mass is 638 g/mol. The third kappa shape index (κ3) is 5.97. The maximum absolute atomic E-state index is 13.2. The zero-order valence-corrected chi connectivity index (χ0v) is 26.9. The molecule has 1 amide bonds. The topological polar surface area (TPSA) is 94.7 Å². The average molecular weight is 640 g/mol. The van der Waals surface area contributed by atoms with Crippen LogP contribution in [0.2, 0.25) is 10.0 Å². The van der Waals surface area contributed by atoms with Gasteiger partial charge in [-0.05, 0) is 75.9 Å². The van der Waals surface area contributed by atoms with Gasteiger partial charge in [0.15, 0.2) is 6.04 Å². The van der Waals surface area contributed by atoms with Crippen molar-refractivity contribution in [3.8, 4) is 11.1 Å². The molecule has 0 saturated carbocycles. The van der Waals surface area contributed by atoms with Gasteiger partial charge in [0.05, 0.1) is 39.9 Å². The molecular formula is C32H36Cl2N6O4. The lowest BCUT2D eigenvalue weighted by atomic mass is 10.0. The van der Waals surface area contributed by atoms with Gasteiger partial charge in [0.25, 0.3) is 0 Å². The second kappa shape index (κ2) is 12.0. The Morgan fingerprint density at radius 2 is 1.75 bits per heavy atom. The number of aromatic nitrogens is 4. The van der Waals surface area contributed by atoms with Crippen molar-refractivity contribution in [1.82, 2.24) is 24.2 Å². The molecule has 44 heavy (non-hydrogen) atoms. The minimum atomic E-state index is -0.805. The van der Waals surface area contributed by atoms with Crippen LogP contribution in [0, 0.1) is 0 Å². The van der Waals surface area contributed by atoms with Crippen molar-refractivity contribution in [3.05, 3.63) is 64.3 Å². The number of hydrogen-bond donors (Lipinski definition) is 0. The number of benzene rings is 2. The Morgan fingerprint density at radius 1 is 1.00 bits per heavy atom. The van der Waals surface area contributed by atoms with Crippen LogP contribution >= 0.6 is 23.2 Å². The van der Waals surface area contributed by atoms with Crippen molar-refractivity contribution in [1.29, 1.82) is 0 Å². The van der Waals surface area contributed by atoms with Crippen molar-refractivity contribution in [2.75, 3.05) is 37.7 Å². The summed E-state index contributed by atoms with van der Waals surface area (Å²) >= 11 is 13.6. The van der Waals surface area contributed by atoms with Crippen molar-refractivity contribution in [2.45, 2.75) is 58.7 Å². The molecule has 0 N–H and O–H groups in total. The second-order valence-electron chi connectivity index (χ2n) is 12.1. The number of fused-ring (bicyclic) bond motifs is 2. The summed E-state index contributed by atoms with van der Waals surface area (Å²) in [6.45, 7) is 10.9. The number of amides is 1. The van der Waals surface area contributed by atoms with E-state index >= 15 is 0 Å². The van der Waals surface area contributed by atoms with Crippen molar-refractivity contribution in [2.24, 2.45) is 0 Å². The number of nitrogens with zero attached hydrogens (tertiary/aromatic N) is 6. The number of piperazine rings is 1. The van der Waals surface area contributed by atoms with Gasteiger partial charge in [0, 0.05) is 50.0 Å². The Labute approximate surface area is 266 Å². The van der Waals surface area contributed by atoms with Crippen LogP contribution in [0.25, 0.3) is 22.0 Å². The number of esters is 1. The highest BCUT2D eigenvalue weighted by Gasteiger charge is 2.33. The fourth-order valence-corrected chi connectivity index (χ4v) is 6.46. The molecule has 0 radical (unpaired) electrons. The predicted octanol–water partition coefficient (Wildman–Crippen LogP) is 6.36. The van der Waals surface area contributed by atoms with Crippen LogP contribution in [0.1, 0.15) is 51.5 Å². The summed E-state index contributed by atoms with van der Waals surface area (Å²) in [5.41, 5.74) is 4.47. The van der Waals surface area contributed by atoms with E-state index in [-0.39, 0.29) is 12.7 Å². The van der Waals surface area contributed by atoms with Crippen LogP contribution in [0.3, 0.4) is 0 Å². The molecule has 4 aromatic rings. The molecule has 232 valence electrons. The standard InChI is InChI=1S/C32H36Cl2N6O4/c1-5-43-30(41)29(28-27-7-6-10-39(27)19-35-28)40-18-22-23(33)16-21(17-25(22)36-40)20-8-9-26(24(34)15-20)37-11-13-38(14-12-37)31(42)44-32(2,3)4/h8-9,15-19,29H,5-7,10-14H2,1-4H3. The molecule has 6 rings (SSSR count). The number of ether oxygens (including phenoxy) is 2. The van der Waals surface area contributed by atoms with Crippen LogP contribution < -0.4 is 4.90 Å². The first-order chi connectivity index (χ1) is 21.0. The molecule has 10 nitrogen and oxygen atoms in total. The number of aryl methyl sites for hydroxylation is 1. The summed E-state index contributed by atoms with van der Waals surface area (Å²) in [5.74, 6) is -0.403. The fourth-order valence-electron chi connectivity index (χ4n) is 5.90. The Hall–Kier alpha value is -3.76. The van der Waals surface area contributed by atoms with E-state index < -0.39 is 17.6 Å². The van der Waals surface area contributed by atoms with Gasteiger partial charge < -0.3 is 23.8 Å². The molecule has 0 spiro atoms. The van der Waals surface area contributed by atoms with Crippen LogP contribution in [-0.4, -0.2) is 74.7 Å². The van der Waals surface area contributed by atoms with Gasteiger partial charge in [-0.15, -0.1) is 0 Å². The number of rotatable bonds is 6. The van der Waals surface area contributed by atoms with Gasteiger partial charge in [-0.2, -0.15) is 5.10 Å². The van der Waals surface area contributed by atoms with E-state index in [4.69, 9.17) is 37.8 Å². The van der Waals surface area contributed by atoms with Crippen molar-refractivity contribution < 1.29 is 19.1 Å². The molecule has 1 saturated heterocycles. The van der Waals surface area contributed by atoms with E-state index in [1.165, 1.54) is 0 Å². The highest BCUT2D eigenvalue weighted by Crippen LogP contribution is 2.36. The van der Waals surface area contributed by atoms with Gasteiger partial charge in [-0.3, -0.25) is 4.68 Å². The molecule has 2 aliphatic heterocycles. The van der Waals surface area contributed by atoms with E-state index in [9.17, 15) is 9.59 Å². The van der Waals surface area contributed by atoms with E-state index in [1.807, 2.05) is 51.1 Å². The molecular weight excluding hydrogens is 603 g/mol. The first-order valence-electron chi connectivity index (χ1n) is 14.9. The average Bonchev–Trinajstić information content (AvgIpc) is 3.70. The van der Waals surface area contributed by atoms with Crippen LogP contribution in [-0.2, 0) is 27.2 Å². The summed E-state index contributed by atoms with van der Waals surface area (Å²) in [5, 5.41) is 6.64. The quantitative estimate of drug-likeness (QED) is 0.227. The number of carbonyl (C=O) groups is 2. The molecule has 1 fully saturated rings. The number of hydrogen-bond acceptors (Lipinski definition) is 7. The Bertz CT molecular complexity index is 1720. The second-order valence-corrected chi connectivity index (χ2v) is 13.0. The van der Waals surface area contributed by atoms with Crippen molar-refractivity contribution in [3.63, 3.8) is 0 Å². The lowest BCUT2D eigenvalue weighted by Gasteiger charge is -2.37. The highest BCUT2D eigenvalue weighted by molar-refractivity contribution is 6.36. The molecule has 12 heteroatoms. The van der Waals surface area contributed by atoms with E-state index in [1.54, 1.807) is 29.0 Å². The number of halogens is 2. The number of anilines is 1. The summed E-state index contributed by atoms with van der Waals surface area (Å²) in [6.07, 6.45) is 5.15. The largest absolute Gasteiger partial charge is 0.464 e. The van der Waals surface area contributed by atoms with Gasteiger partial charge in [0.1, 0.15) is 5.60 Å². The minimum Gasteiger partial charge on any atom is -0.464 e. The maximum atomic E-state index is 13.2. The smallest absolute Gasteiger partial charge is 0.410 e. The number of carbonyl (C=O) groups excluding carboxylic acids is 2. The Morgan fingerprint density at radius 3 is 2.45 bits per heavy atom. The predicted molar refractivity (Wildman–Crippen MR) is 171 cm³/mol. The van der Waals surface area contributed by atoms with Crippen LogP contribution in [0.5, 0.6) is 0 Å². The first-order valence-corrected chi connectivity index (χ1v) is 15.7. The summed E-state index contributed by atoms with van der Waals surface area (Å²) in [7, 11) is 0. The molecule has 0 bridgehead atoms. The zero-order valence-electron chi connectivity index (χ0n) is 25.3. The van der Waals surface area contributed by atoms with Crippen LogP contribution in [0.15, 0.2) is 42.9 Å². The molecule has 0 aliphatic carbocycles. The Balaban J connectivity index is 1.24. The fraction of sp³-hybridized carbons (Fsp3) is 0.438. The molecule has 1 unspecified atom stereocenters. The summed E-state index contributed by atoms with van der Waals surface area (Å²) < 4.78 is 14.7. The van der Waals surface area contributed by atoms with E-state index in [0.717, 1.165) is 47.3 Å². The zero-order chi connectivity index (χ0) is 31.2. The first kappa shape index (κ1) is 30.3. The molecule has 2 aromatic carbocycles. The summed E-state index contributed by atoms with van der Waals surface area (Å²) in [6, 6.07) is 8.94. The minimum absolute atomic E-state index is 0.257. The number of imidazole rings is 1. The SMILES string of the molecule is CCOC(=O)C(c1ncn2c1CCC2)n1cc2c(Cl)cc(-c3ccc(N4CCN(C(=O)OC(C)(C)C)CC4)c(Cl)c3)cc2n1. The van der Waals surface area contributed by atoms with Gasteiger partial charge in [-0.1, -0.05) is 29.3 Å². The van der Waals surface area contributed by atoms with Gasteiger partial charge in [0.2, 0.25) is 0 Å². The normalized spacial score (nSPS) is 15.9. The Kier molecular flexibility index (Phi) is 8.24. The lowest BCUT2D eigenvalue weighted by Crippen LogP contribution is -2.50. The highest BCUT2D eigenvalue weighted by atomic mass is 35.5. The van der Waals surface area contributed by atoms with Crippen molar-refractivity contribution >= 4 is 51.9 Å². The molecule has 2 aliphatic rings. The molecule has 1 atom stereocenters. The van der Waals surface area contributed by atoms with Crippen LogP contribution in [0.4, 0.5) is 10.5 Å². The summed E-state index contributed by atoms with van der Waals surface area (Å²) in [4.78, 5) is 34.1. The molecule has 2 aromatic heterocycles. The van der Waals surface area contributed by atoms with Gasteiger partial charge >= 0.3 is 12.1 Å².